The maximum Gasteiger partial charge on any atom is 0.304 e. The van der Waals surface area contributed by atoms with E-state index in [9.17, 15) is 9.18 Å². The molecule has 1 N–H and O–H groups in total. The lowest BCUT2D eigenvalue weighted by Gasteiger charge is -2.15. The molecule has 1 rings (SSSR count). The van der Waals surface area contributed by atoms with Crippen molar-refractivity contribution in [2.75, 3.05) is 13.6 Å². The number of aliphatic carboxylic acids is 1. The molecular formula is C11H13ClFNO2. The van der Waals surface area contributed by atoms with Gasteiger partial charge in [0.05, 0.1) is 11.4 Å². The van der Waals surface area contributed by atoms with Gasteiger partial charge in [-0.2, -0.15) is 0 Å². The van der Waals surface area contributed by atoms with E-state index >= 15 is 0 Å². The fraction of sp³-hybridized carbons (Fsp3) is 0.364. The molecule has 0 atom stereocenters. The number of carboxylic acids is 1. The van der Waals surface area contributed by atoms with Gasteiger partial charge in [0.25, 0.3) is 0 Å². The molecule has 0 radical (unpaired) electrons. The van der Waals surface area contributed by atoms with Crippen LogP contribution in [0.15, 0.2) is 18.2 Å². The number of hydrogen-bond donors (Lipinski definition) is 1. The average Bonchev–Trinajstić information content (AvgIpc) is 2.21. The van der Waals surface area contributed by atoms with E-state index in [1.165, 1.54) is 12.1 Å². The second kappa shape index (κ2) is 5.82. The second-order valence-electron chi connectivity index (χ2n) is 3.63. The summed E-state index contributed by atoms with van der Waals surface area (Å²) in [5.41, 5.74) is 0.773. The van der Waals surface area contributed by atoms with Gasteiger partial charge < -0.3 is 10.0 Å². The molecular weight excluding hydrogens is 233 g/mol. The van der Waals surface area contributed by atoms with Crippen LogP contribution in [0.4, 0.5) is 4.39 Å². The number of carboxylic acid groups (broad SMARTS) is 1. The Morgan fingerprint density at radius 3 is 2.81 bits per heavy atom. The molecule has 0 amide bonds. The van der Waals surface area contributed by atoms with E-state index in [-0.39, 0.29) is 11.4 Å². The molecule has 1 aromatic rings. The van der Waals surface area contributed by atoms with Crippen LogP contribution in [-0.4, -0.2) is 29.6 Å². The van der Waals surface area contributed by atoms with Crippen molar-refractivity contribution < 1.29 is 14.3 Å². The molecule has 0 heterocycles. The normalized spacial score (nSPS) is 10.8. The van der Waals surface area contributed by atoms with Gasteiger partial charge in [0.15, 0.2) is 0 Å². The summed E-state index contributed by atoms with van der Waals surface area (Å²) in [6, 6.07) is 4.58. The van der Waals surface area contributed by atoms with Crippen molar-refractivity contribution in [3.8, 4) is 0 Å². The van der Waals surface area contributed by atoms with Gasteiger partial charge in [-0.25, -0.2) is 4.39 Å². The predicted molar refractivity (Wildman–Crippen MR) is 60.0 cm³/mol. The predicted octanol–water partition coefficient (Wildman–Crippen LogP) is 2.39. The zero-order valence-corrected chi connectivity index (χ0v) is 9.67. The zero-order valence-electron chi connectivity index (χ0n) is 8.91. The van der Waals surface area contributed by atoms with Crippen molar-refractivity contribution in [2.45, 2.75) is 13.0 Å². The Kier molecular flexibility index (Phi) is 4.71. The van der Waals surface area contributed by atoms with E-state index < -0.39 is 11.8 Å². The highest BCUT2D eigenvalue weighted by molar-refractivity contribution is 6.30. The van der Waals surface area contributed by atoms with Crippen LogP contribution in [0, 0.1) is 5.82 Å². The minimum absolute atomic E-state index is 0.0760. The summed E-state index contributed by atoms with van der Waals surface area (Å²) in [5, 5.41) is 8.60. The topological polar surface area (TPSA) is 40.5 Å². The van der Waals surface area contributed by atoms with Gasteiger partial charge in [-0.3, -0.25) is 4.79 Å². The lowest BCUT2D eigenvalue weighted by molar-refractivity contribution is -0.137. The summed E-state index contributed by atoms with van der Waals surface area (Å²) in [6.45, 7) is 0.931. The molecule has 88 valence electrons. The van der Waals surface area contributed by atoms with Crippen molar-refractivity contribution in [1.82, 2.24) is 4.90 Å². The maximum atomic E-state index is 13.1. The fourth-order valence-corrected chi connectivity index (χ4v) is 1.43. The first kappa shape index (κ1) is 12.9. The van der Waals surface area contributed by atoms with Crippen LogP contribution in [-0.2, 0) is 11.3 Å². The highest BCUT2D eigenvalue weighted by atomic mass is 35.5. The molecule has 16 heavy (non-hydrogen) atoms. The molecule has 0 bridgehead atoms. The summed E-state index contributed by atoms with van der Waals surface area (Å²) in [7, 11) is 1.79. The van der Waals surface area contributed by atoms with E-state index in [1.807, 2.05) is 4.90 Å². The Morgan fingerprint density at radius 2 is 2.25 bits per heavy atom. The highest BCUT2D eigenvalue weighted by Gasteiger charge is 2.05. The van der Waals surface area contributed by atoms with E-state index in [2.05, 4.69) is 0 Å². The largest absolute Gasteiger partial charge is 0.481 e. The number of rotatable bonds is 5. The van der Waals surface area contributed by atoms with Gasteiger partial charge in [-0.15, -0.1) is 0 Å². The van der Waals surface area contributed by atoms with E-state index in [0.717, 1.165) is 5.56 Å². The van der Waals surface area contributed by atoms with Gasteiger partial charge in [0.1, 0.15) is 5.82 Å². The lowest BCUT2D eigenvalue weighted by atomic mass is 10.2. The number of halogens is 2. The Hall–Kier alpha value is -1.13. The quantitative estimate of drug-likeness (QED) is 0.866. The molecule has 0 saturated heterocycles. The third-order valence-electron chi connectivity index (χ3n) is 2.14. The monoisotopic (exact) mass is 245 g/mol. The molecule has 0 aliphatic carbocycles. The first-order valence-corrected chi connectivity index (χ1v) is 5.21. The van der Waals surface area contributed by atoms with Crippen molar-refractivity contribution in [3.05, 3.63) is 34.6 Å². The number of carbonyl (C=O) groups is 1. The van der Waals surface area contributed by atoms with Gasteiger partial charge >= 0.3 is 5.97 Å². The van der Waals surface area contributed by atoms with Gasteiger partial charge in [-0.1, -0.05) is 17.7 Å². The Labute approximate surface area is 98.4 Å². The molecule has 1 aromatic carbocycles. The number of benzene rings is 1. The Morgan fingerprint density at radius 1 is 1.56 bits per heavy atom. The summed E-state index contributed by atoms with van der Waals surface area (Å²) in [5.74, 6) is -1.29. The average molecular weight is 246 g/mol. The van der Waals surface area contributed by atoms with Crippen molar-refractivity contribution in [3.63, 3.8) is 0 Å². The van der Waals surface area contributed by atoms with E-state index in [4.69, 9.17) is 16.7 Å². The van der Waals surface area contributed by atoms with Crippen LogP contribution in [0.1, 0.15) is 12.0 Å². The summed E-state index contributed by atoms with van der Waals surface area (Å²) < 4.78 is 13.1. The molecule has 0 spiro atoms. The first-order valence-electron chi connectivity index (χ1n) is 4.83. The molecule has 0 aliphatic rings. The summed E-state index contributed by atoms with van der Waals surface area (Å²) >= 11 is 5.55. The standard InChI is InChI=1S/C11H13ClFNO2/c1-14(5-4-11(15)16)7-8-2-3-9(12)10(13)6-8/h2-3,6H,4-5,7H2,1H3,(H,15,16). The maximum absolute atomic E-state index is 13.1. The van der Waals surface area contributed by atoms with Crippen LogP contribution in [0.2, 0.25) is 5.02 Å². The fourth-order valence-electron chi connectivity index (χ4n) is 1.32. The molecule has 0 aliphatic heterocycles. The minimum Gasteiger partial charge on any atom is -0.481 e. The third-order valence-corrected chi connectivity index (χ3v) is 2.45. The molecule has 3 nitrogen and oxygen atoms in total. The zero-order chi connectivity index (χ0) is 12.1. The molecule has 0 fully saturated rings. The van der Waals surface area contributed by atoms with E-state index in [0.29, 0.717) is 13.1 Å². The molecule has 0 aromatic heterocycles. The minimum atomic E-state index is -0.839. The van der Waals surface area contributed by atoms with Crippen LogP contribution >= 0.6 is 11.6 Å². The Balaban J connectivity index is 2.52. The van der Waals surface area contributed by atoms with Crippen molar-refractivity contribution >= 4 is 17.6 Å². The van der Waals surface area contributed by atoms with Crippen molar-refractivity contribution in [2.24, 2.45) is 0 Å². The highest BCUT2D eigenvalue weighted by Crippen LogP contribution is 2.16. The SMILES string of the molecule is CN(CCC(=O)O)Cc1ccc(Cl)c(F)c1. The number of nitrogens with zero attached hydrogens (tertiary/aromatic N) is 1. The van der Waals surface area contributed by atoms with Crippen LogP contribution in [0.25, 0.3) is 0 Å². The van der Waals surface area contributed by atoms with Crippen molar-refractivity contribution in [1.29, 1.82) is 0 Å². The summed E-state index contributed by atoms with van der Waals surface area (Å²) in [4.78, 5) is 12.2. The smallest absolute Gasteiger partial charge is 0.304 e. The van der Waals surface area contributed by atoms with Gasteiger partial charge in [0.2, 0.25) is 0 Å². The third kappa shape index (κ3) is 4.16. The van der Waals surface area contributed by atoms with E-state index in [1.54, 1.807) is 13.1 Å². The summed E-state index contributed by atoms with van der Waals surface area (Å²) in [6.07, 6.45) is 0.0760. The number of hydrogen-bond acceptors (Lipinski definition) is 2. The molecule has 0 unspecified atom stereocenters. The van der Waals surface area contributed by atoms with Crippen LogP contribution in [0.3, 0.4) is 0 Å². The lowest BCUT2D eigenvalue weighted by Crippen LogP contribution is -2.21. The van der Waals surface area contributed by atoms with Gasteiger partial charge in [-0.05, 0) is 24.7 Å². The Bertz CT molecular complexity index is 384. The second-order valence-corrected chi connectivity index (χ2v) is 4.04. The molecule has 0 saturated carbocycles. The van der Waals surface area contributed by atoms with Crippen LogP contribution < -0.4 is 0 Å². The van der Waals surface area contributed by atoms with Gasteiger partial charge in [0, 0.05) is 13.1 Å². The molecule has 5 heteroatoms. The van der Waals surface area contributed by atoms with Crippen LogP contribution in [0.5, 0.6) is 0 Å². The first-order chi connectivity index (χ1) is 7.49.